The molecule has 0 aromatic carbocycles. The summed E-state index contributed by atoms with van der Waals surface area (Å²) in [5, 5.41) is 7.01. The monoisotopic (exact) mass is 335 g/mol. The number of aliphatic imine (C=N–C) groups is 1. The van der Waals surface area contributed by atoms with Gasteiger partial charge in [0.05, 0.1) is 6.54 Å². The minimum atomic E-state index is 0.287. The van der Waals surface area contributed by atoms with E-state index in [1.54, 1.807) is 0 Å². The average Bonchev–Trinajstić information content (AvgIpc) is 3.44. The third-order valence-electron chi connectivity index (χ3n) is 6.08. The van der Waals surface area contributed by atoms with E-state index in [1.165, 1.54) is 71.1 Å². The lowest BCUT2D eigenvalue weighted by molar-refractivity contribution is 0.0208. The molecule has 3 aliphatic rings. The van der Waals surface area contributed by atoms with E-state index in [0.29, 0.717) is 0 Å². The molecule has 0 radical (unpaired) electrons. The van der Waals surface area contributed by atoms with Gasteiger partial charge in [-0.05, 0) is 84.6 Å². The van der Waals surface area contributed by atoms with Crippen molar-refractivity contribution < 1.29 is 0 Å². The Morgan fingerprint density at radius 1 is 1.04 bits per heavy atom. The van der Waals surface area contributed by atoms with E-state index in [9.17, 15) is 0 Å². The first kappa shape index (κ1) is 18.0. The molecule has 0 bridgehead atoms. The van der Waals surface area contributed by atoms with Gasteiger partial charge in [0.2, 0.25) is 0 Å². The number of guanidine groups is 1. The molecule has 1 saturated carbocycles. The van der Waals surface area contributed by atoms with Crippen molar-refractivity contribution in [2.24, 2.45) is 10.9 Å². The number of hydrogen-bond acceptors (Lipinski definition) is 3. The van der Waals surface area contributed by atoms with Gasteiger partial charge < -0.3 is 15.5 Å². The maximum absolute atomic E-state index is 5.04. The SMILES string of the molecule is CCNC(=NCC1(N2CCCCC2)CCN(C)CC1)NCC1CC1. The summed E-state index contributed by atoms with van der Waals surface area (Å²) < 4.78 is 0. The van der Waals surface area contributed by atoms with Crippen molar-refractivity contribution in [3.63, 3.8) is 0 Å². The van der Waals surface area contributed by atoms with Crippen LogP contribution in [-0.2, 0) is 0 Å². The predicted molar refractivity (Wildman–Crippen MR) is 102 cm³/mol. The van der Waals surface area contributed by atoms with Gasteiger partial charge in [-0.3, -0.25) is 9.89 Å². The molecule has 2 saturated heterocycles. The molecular weight excluding hydrogens is 298 g/mol. The second-order valence-corrected chi connectivity index (χ2v) is 8.09. The Kier molecular flexibility index (Phi) is 6.39. The fraction of sp³-hybridized carbons (Fsp3) is 0.947. The molecule has 138 valence electrons. The van der Waals surface area contributed by atoms with Crippen LogP contribution < -0.4 is 10.6 Å². The van der Waals surface area contributed by atoms with Crippen LogP contribution in [0.5, 0.6) is 0 Å². The third kappa shape index (κ3) is 4.85. The van der Waals surface area contributed by atoms with Gasteiger partial charge in [0, 0.05) is 18.6 Å². The molecule has 3 fully saturated rings. The zero-order chi connectivity index (χ0) is 16.8. The van der Waals surface area contributed by atoms with Gasteiger partial charge in [-0.2, -0.15) is 0 Å². The van der Waals surface area contributed by atoms with E-state index in [2.05, 4.69) is 34.4 Å². The summed E-state index contributed by atoms with van der Waals surface area (Å²) in [5.41, 5.74) is 0.287. The average molecular weight is 336 g/mol. The lowest BCUT2D eigenvalue weighted by atomic mass is 9.84. The molecule has 2 aliphatic heterocycles. The first-order valence-corrected chi connectivity index (χ1v) is 10.2. The van der Waals surface area contributed by atoms with Gasteiger partial charge in [0.25, 0.3) is 0 Å². The van der Waals surface area contributed by atoms with E-state index < -0.39 is 0 Å². The van der Waals surface area contributed by atoms with Crippen LogP contribution in [-0.4, -0.2) is 74.2 Å². The topological polar surface area (TPSA) is 42.9 Å². The van der Waals surface area contributed by atoms with E-state index in [-0.39, 0.29) is 5.54 Å². The molecule has 0 amide bonds. The van der Waals surface area contributed by atoms with E-state index in [0.717, 1.165) is 31.5 Å². The summed E-state index contributed by atoms with van der Waals surface area (Å²) in [7, 11) is 2.25. The van der Waals surface area contributed by atoms with Gasteiger partial charge in [0.15, 0.2) is 5.96 Å². The molecule has 2 heterocycles. The highest BCUT2D eigenvalue weighted by atomic mass is 15.3. The van der Waals surface area contributed by atoms with Crippen molar-refractivity contribution in [1.82, 2.24) is 20.4 Å². The highest BCUT2D eigenvalue weighted by Gasteiger charge is 2.39. The van der Waals surface area contributed by atoms with Gasteiger partial charge in [0.1, 0.15) is 0 Å². The first-order chi connectivity index (χ1) is 11.7. The Morgan fingerprint density at radius 3 is 2.38 bits per heavy atom. The number of nitrogens with zero attached hydrogens (tertiary/aromatic N) is 3. The van der Waals surface area contributed by atoms with Crippen molar-refractivity contribution in [1.29, 1.82) is 0 Å². The van der Waals surface area contributed by atoms with Crippen molar-refractivity contribution in [2.45, 2.75) is 57.4 Å². The molecule has 0 atom stereocenters. The summed E-state index contributed by atoms with van der Waals surface area (Å²) in [6, 6.07) is 0. The molecule has 3 rings (SSSR count). The lowest BCUT2D eigenvalue weighted by Gasteiger charge is -2.49. The molecule has 0 aromatic rings. The van der Waals surface area contributed by atoms with E-state index in [4.69, 9.17) is 4.99 Å². The van der Waals surface area contributed by atoms with Crippen LogP contribution in [0, 0.1) is 5.92 Å². The van der Waals surface area contributed by atoms with Crippen LogP contribution >= 0.6 is 0 Å². The fourth-order valence-electron chi connectivity index (χ4n) is 4.11. The molecular formula is C19H37N5. The zero-order valence-corrected chi connectivity index (χ0v) is 15.8. The number of nitrogens with one attached hydrogen (secondary N) is 2. The van der Waals surface area contributed by atoms with E-state index in [1.807, 2.05) is 0 Å². The van der Waals surface area contributed by atoms with Crippen LogP contribution in [0.15, 0.2) is 4.99 Å². The summed E-state index contributed by atoms with van der Waals surface area (Å²) in [6.45, 7) is 10.1. The molecule has 2 N–H and O–H groups in total. The van der Waals surface area contributed by atoms with Crippen molar-refractivity contribution in [2.75, 3.05) is 52.9 Å². The summed E-state index contributed by atoms with van der Waals surface area (Å²) in [5.74, 6) is 1.91. The summed E-state index contributed by atoms with van der Waals surface area (Å²) in [4.78, 5) is 10.3. The van der Waals surface area contributed by atoms with Crippen LogP contribution in [0.4, 0.5) is 0 Å². The Morgan fingerprint density at radius 2 is 1.75 bits per heavy atom. The third-order valence-corrected chi connectivity index (χ3v) is 6.08. The Hall–Kier alpha value is -0.810. The van der Waals surface area contributed by atoms with Crippen molar-refractivity contribution >= 4 is 5.96 Å². The second kappa shape index (κ2) is 8.52. The zero-order valence-electron chi connectivity index (χ0n) is 15.8. The molecule has 0 unspecified atom stereocenters. The number of rotatable bonds is 6. The minimum absolute atomic E-state index is 0.287. The number of hydrogen-bond donors (Lipinski definition) is 2. The number of piperidine rings is 2. The van der Waals surface area contributed by atoms with Gasteiger partial charge >= 0.3 is 0 Å². The highest BCUT2D eigenvalue weighted by Crippen LogP contribution is 2.32. The Bertz CT molecular complexity index is 404. The highest BCUT2D eigenvalue weighted by molar-refractivity contribution is 5.79. The van der Waals surface area contributed by atoms with Gasteiger partial charge in [-0.1, -0.05) is 6.42 Å². The Labute approximate surface area is 148 Å². The van der Waals surface area contributed by atoms with Gasteiger partial charge in [-0.15, -0.1) is 0 Å². The normalized spacial score (nSPS) is 26.3. The van der Waals surface area contributed by atoms with Crippen LogP contribution in [0.1, 0.15) is 51.9 Å². The van der Waals surface area contributed by atoms with Crippen LogP contribution in [0.25, 0.3) is 0 Å². The summed E-state index contributed by atoms with van der Waals surface area (Å²) >= 11 is 0. The Balaban J connectivity index is 1.65. The second-order valence-electron chi connectivity index (χ2n) is 8.09. The first-order valence-electron chi connectivity index (χ1n) is 10.2. The van der Waals surface area contributed by atoms with Gasteiger partial charge in [-0.25, -0.2) is 0 Å². The number of likely N-dealkylation sites (tertiary alicyclic amines) is 2. The molecule has 0 aromatic heterocycles. The maximum Gasteiger partial charge on any atom is 0.191 e. The fourth-order valence-corrected chi connectivity index (χ4v) is 4.11. The quantitative estimate of drug-likeness (QED) is 0.575. The van der Waals surface area contributed by atoms with Crippen molar-refractivity contribution in [3.8, 4) is 0 Å². The minimum Gasteiger partial charge on any atom is -0.357 e. The smallest absolute Gasteiger partial charge is 0.191 e. The van der Waals surface area contributed by atoms with Crippen molar-refractivity contribution in [3.05, 3.63) is 0 Å². The molecule has 5 nitrogen and oxygen atoms in total. The lowest BCUT2D eigenvalue weighted by Crippen LogP contribution is -2.58. The predicted octanol–water partition coefficient (Wildman–Crippen LogP) is 1.90. The van der Waals surface area contributed by atoms with Crippen LogP contribution in [0.3, 0.4) is 0 Å². The standard InChI is InChI=1S/C19H37N5/c1-3-20-18(21-15-17-7-8-17)22-16-19(9-13-23(2)14-10-19)24-11-5-4-6-12-24/h17H,3-16H2,1-2H3,(H2,20,21,22). The molecule has 1 aliphatic carbocycles. The molecule has 0 spiro atoms. The molecule has 5 heteroatoms. The van der Waals surface area contributed by atoms with Crippen LogP contribution in [0.2, 0.25) is 0 Å². The van der Waals surface area contributed by atoms with E-state index >= 15 is 0 Å². The molecule has 24 heavy (non-hydrogen) atoms. The summed E-state index contributed by atoms with van der Waals surface area (Å²) in [6.07, 6.45) is 9.42. The maximum atomic E-state index is 5.04. The largest absolute Gasteiger partial charge is 0.357 e.